The third-order valence-corrected chi connectivity index (χ3v) is 5.71. The van der Waals surface area contributed by atoms with Crippen LogP contribution in [0.5, 0.6) is 0 Å². The molecular weight excluding hydrogens is 352 g/mol. The van der Waals surface area contributed by atoms with Crippen LogP contribution in [0.3, 0.4) is 0 Å². The van der Waals surface area contributed by atoms with Crippen molar-refractivity contribution in [3.05, 3.63) is 40.9 Å². The number of carbonyl (C=O) groups excluding carboxylic acids is 1. The molecule has 0 saturated heterocycles. The van der Waals surface area contributed by atoms with Crippen LogP contribution in [-0.2, 0) is 11.8 Å². The number of aryl methyl sites for hydroxylation is 1. The van der Waals surface area contributed by atoms with E-state index in [9.17, 15) is 9.90 Å². The molecule has 0 unspecified atom stereocenters. The molecule has 1 saturated carbocycles. The van der Waals surface area contributed by atoms with Crippen molar-refractivity contribution in [1.29, 1.82) is 0 Å². The molecule has 1 fully saturated rings. The topological polar surface area (TPSA) is 80.0 Å². The van der Waals surface area contributed by atoms with Gasteiger partial charge in [-0.1, -0.05) is 30.9 Å². The fourth-order valence-corrected chi connectivity index (χ4v) is 4.09. The third-order valence-electron chi connectivity index (χ3n) is 5.45. The van der Waals surface area contributed by atoms with Crippen molar-refractivity contribution < 1.29 is 9.90 Å². The molecule has 6 nitrogen and oxygen atoms in total. The lowest BCUT2D eigenvalue weighted by atomic mass is 9.70. The molecule has 2 heterocycles. The second-order valence-corrected chi connectivity index (χ2v) is 7.57. The van der Waals surface area contributed by atoms with E-state index in [2.05, 4.69) is 15.4 Å². The summed E-state index contributed by atoms with van der Waals surface area (Å²) in [6, 6.07) is 7.21. The van der Waals surface area contributed by atoms with Gasteiger partial charge in [-0.15, -0.1) is 0 Å². The van der Waals surface area contributed by atoms with Crippen molar-refractivity contribution in [2.75, 3.05) is 6.54 Å². The van der Waals surface area contributed by atoms with Gasteiger partial charge in [-0.3, -0.25) is 4.79 Å². The first-order valence-corrected chi connectivity index (χ1v) is 9.27. The quantitative estimate of drug-likeness (QED) is 0.845. The maximum Gasteiger partial charge on any atom is 0.258 e. The standard InChI is InChI=1S/C19H21ClN4O2/c1-24-17(22-16(23-24)12-5-7-13(20)8-6-12)14-15(25)19(11-21-18(14)26)9-3-2-4-10-19/h5-8,25H,2-4,9-11H2,1H3,(H,21,26). The van der Waals surface area contributed by atoms with E-state index in [1.54, 1.807) is 23.9 Å². The van der Waals surface area contributed by atoms with Crippen LogP contribution in [0, 0.1) is 5.41 Å². The maximum absolute atomic E-state index is 12.5. The first kappa shape index (κ1) is 17.1. The van der Waals surface area contributed by atoms with Gasteiger partial charge in [0.15, 0.2) is 11.6 Å². The van der Waals surface area contributed by atoms with E-state index in [4.69, 9.17) is 11.6 Å². The lowest BCUT2D eigenvalue weighted by Crippen LogP contribution is -2.46. The van der Waals surface area contributed by atoms with Gasteiger partial charge in [0.05, 0.1) is 0 Å². The van der Waals surface area contributed by atoms with Crippen LogP contribution < -0.4 is 5.32 Å². The van der Waals surface area contributed by atoms with Gasteiger partial charge < -0.3 is 10.4 Å². The Hall–Kier alpha value is -2.34. The second kappa shape index (κ2) is 6.43. The summed E-state index contributed by atoms with van der Waals surface area (Å²) in [6.45, 7) is 0.489. The molecule has 4 rings (SSSR count). The molecule has 26 heavy (non-hydrogen) atoms. The molecule has 1 aliphatic carbocycles. The molecule has 0 bridgehead atoms. The van der Waals surface area contributed by atoms with Crippen molar-refractivity contribution in [1.82, 2.24) is 20.1 Å². The first-order chi connectivity index (χ1) is 12.5. The minimum Gasteiger partial charge on any atom is -0.511 e. The van der Waals surface area contributed by atoms with Gasteiger partial charge in [0.1, 0.15) is 11.3 Å². The maximum atomic E-state index is 12.5. The van der Waals surface area contributed by atoms with E-state index >= 15 is 0 Å². The third kappa shape index (κ3) is 2.78. The monoisotopic (exact) mass is 372 g/mol. The number of benzene rings is 1. The highest BCUT2D eigenvalue weighted by molar-refractivity contribution is 6.30. The molecule has 2 aliphatic rings. The predicted molar refractivity (Wildman–Crippen MR) is 99.5 cm³/mol. The number of halogens is 1. The van der Waals surface area contributed by atoms with Crippen LogP contribution >= 0.6 is 11.6 Å². The summed E-state index contributed by atoms with van der Waals surface area (Å²) in [5.74, 6) is 0.751. The molecule has 136 valence electrons. The Kier molecular flexibility index (Phi) is 4.23. The van der Waals surface area contributed by atoms with Crippen molar-refractivity contribution in [3.63, 3.8) is 0 Å². The normalized spacial score (nSPS) is 19.7. The highest BCUT2D eigenvalue weighted by Crippen LogP contribution is 2.45. The predicted octanol–water partition coefficient (Wildman–Crippen LogP) is 3.48. The summed E-state index contributed by atoms with van der Waals surface area (Å²) < 4.78 is 1.55. The van der Waals surface area contributed by atoms with Crippen molar-refractivity contribution in [2.24, 2.45) is 12.5 Å². The number of amides is 1. The van der Waals surface area contributed by atoms with E-state index in [-0.39, 0.29) is 22.7 Å². The molecule has 0 atom stereocenters. The second-order valence-electron chi connectivity index (χ2n) is 7.14. The number of nitrogens with one attached hydrogen (secondary N) is 1. The zero-order valence-electron chi connectivity index (χ0n) is 14.6. The van der Waals surface area contributed by atoms with E-state index in [1.165, 1.54) is 6.42 Å². The van der Waals surface area contributed by atoms with Crippen LogP contribution in [-0.4, -0.2) is 32.3 Å². The number of hydrogen-bond acceptors (Lipinski definition) is 4. The molecule has 1 spiro atoms. The molecule has 7 heteroatoms. The SMILES string of the molecule is Cn1nc(-c2ccc(Cl)cc2)nc1C1=C(O)C2(CCCCC2)CNC1=O. The number of nitrogens with zero attached hydrogens (tertiary/aromatic N) is 3. The molecule has 2 aromatic rings. The van der Waals surface area contributed by atoms with E-state index < -0.39 is 0 Å². The average Bonchev–Trinajstić information content (AvgIpc) is 3.02. The van der Waals surface area contributed by atoms with Crippen LogP contribution in [0.25, 0.3) is 17.0 Å². The average molecular weight is 373 g/mol. The lowest BCUT2D eigenvalue weighted by Gasteiger charge is -2.40. The first-order valence-electron chi connectivity index (χ1n) is 8.89. The van der Waals surface area contributed by atoms with Crippen LogP contribution in [0.4, 0.5) is 0 Å². The Morgan fingerprint density at radius 3 is 2.58 bits per heavy atom. The Bertz CT molecular complexity index is 879. The summed E-state index contributed by atoms with van der Waals surface area (Å²) in [4.78, 5) is 17.1. The van der Waals surface area contributed by atoms with Crippen LogP contribution in [0.1, 0.15) is 37.9 Å². The van der Waals surface area contributed by atoms with E-state index in [0.717, 1.165) is 31.2 Å². The van der Waals surface area contributed by atoms with E-state index in [0.29, 0.717) is 23.2 Å². The fourth-order valence-electron chi connectivity index (χ4n) is 3.97. The van der Waals surface area contributed by atoms with Gasteiger partial charge in [-0.05, 0) is 37.1 Å². The Morgan fingerprint density at radius 2 is 1.88 bits per heavy atom. The van der Waals surface area contributed by atoms with Crippen LogP contribution in [0.2, 0.25) is 5.02 Å². The lowest BCUT2D eigenvalue weighted by molar-refractivity contribution is -0.117. The number of aliphatic hydroxyl groups is 1. The van der Waals surface area contributed by atoms with Gasteiger partial charge in [0, 0.05) is 29.6 Å². The molecule has 1 aromatic carbocycles. The summed E-state index contributed by atoms with van der Waals surface area (Å²) in [5.41, 5.74) is 0.682. The summed E-state index contributed by atoms with van der Waals surface area (Å²) in [6.07, 6.45) is 5.04. The summed E-state index contributed by atoms with van der Waals surface area (Å²) in [7, 11) is 1.73. The van der Waals surface area contributed by atoms with Crippen molar-refractivity contribution in [2.45, 2.75) is 32.1 Å². The zero-order valence-corrected chi connectivity index (χ0v) is 15.4. The number of hydrogen-bond donors (Lipinski definition) is 2. The molecule has 1 aliphatic heterocycles. The zero-order chi connectivity index (χ0) is 18.3. The Labute approximate surface area is 156 Å². The van der Waals surface area contributed by atoms with Crippen LogP contribution in [0.15, 0.2) is 30.0 Å². The van der Waals surface area contributed by atoms with Crippen molar-refractivity contribution in [3.8, 4) is 11.4 Å². The molecular formula is C19H21ClN4O2. The van der Waals surface area contributed by atoms with E-state index in [1.807, 2.05) is 12.1 Å². The van der Waals surface area contributed by atoms with Gasteiger partial charge in [0.25, 0.3) is 5.91 Å². The molecule has 2 N–H and O–H groups in total. The Balaban J connectivity index is 1.79. The number of aromatic nitrogens is 3. The number of rotatable bonds is 2. The molecule has 1 amide bonds. The highest BCUT2D eigenvalue weighted by atomic mass is 35.5. The summed E-state index contributed by atoms with van der Waals surface area (Å²) >= 11 is 5.94. The van der Waals surface area contributed by atoms with Gasteiger partial charge in [-0.2, -0.15) is 5.10 Å². The molecule has 1 aromatic heterocycles. The highest BCUT2D eigenvalue weighted by Gasteiger charge is 2.44. The van der Waals surface area contributed by atoms with Gasteiger partial charge in [-0.25, -0.2) is 9.67 Å². The minimum absolute atomic E-state index is 0.166. The largest absolute Gasteiger partial charge is 0.511 e. The molecule has 0 radical (unpaired) electrons. The van der Waals surface area contributed by atoms with Gasteiger partial charge in [0.2, 0.25) is 0 Å². The Morgan fingerprint density at radius 1 is 1.19 bits per heavy atom. The van der Waals surface area contributed by atoms with Gasteiger partial charge >= 0.3 is 0 Å². The van der Waals surface area contributed by atoms with Crippen molar-refractivity contribution >= 4 is 23.1 Å². The minimum atomic E-state index is -0.367. The smallest absolute Gasteiger partial charge is 0.258 e. The summed E-state index contributed by atoms with van der Waals surface area (Å²) in [5, 5.41) is 19.0. The fraction of sp³-hybridized carbons (Fsp3) is 0.421. The number of aliphatic hydroxyl groups excluding tert-OH is 1. The number of carbonyl (C=O) groups is 1.